The van der Waals surface area contributed by atoms with Gasteiger partial charge >= 0.3 is 0 Å². The molecule has 1 heterocycles. The van der Waals surface area contributed by atoms with Gasteiger partial charge in [0.2, 0.25) is 5.91 Å². The summed E-state index contributed by atoms with van der Waals surface area (Å²) in [5, 5.41) is 6.59. The van der Waals surface area contributed by atoms with Crippen LogP contribution in [0.15, 0.2) is 28.9 Å². The molecule has 4 aliphatic rings. The number of hydrogen-bond donors (Lipinski definition) is 2. The Morgan fingerprint density at radius 2 is 1.92 bits per heavy atom. The molecule has 5 rings (SSSR count). The fourth-order valence-corrected chi connectivity index (χ4v) is 6.07. The molecule has 0 saturated heterocycles. The summed E-state index contributed by atoms with van der Waals surface area (Å²) >= 11 is 5.38. The zero-order valence-electron chi connectivity index (χ0n) is 14.7. The van der Waals surface area contributed by atoms with Crippen molar-refractivity contribution in [1.82, 2.24) is 10.6 Å². The number of hydrogen-bond acceptors (Lipinski definition) is 3. The second kappa shape index (κ2) is 6.60. The van der Waals surface area contributed by atoms with Crippen LogP contribution in [0.2, 0.25) is 0 Å². The summed E-state index contributed by atoms with van der Waals surface area (Å²) in [6, 6.07) is 3.90. The average Bonchev–Trinajstić information content (AvgIpc) is 3.05. The Morgan fingerprint density at radius 3 is 2.48 bits per heavy atom. The lowest BCUT2D eigenvalue weighted by atomic mass is 9.48. The van der Waals surface area contributed by atoms with Gasteiger partial charge in [0.25, 0.3) is 0 Å². The molecule has 5 heteroatoms. The van der Waals surface area contributed by atoms with Crippen molar-refractivity contribution in [3.63, 3.8) is 0 Å². The maximum atomic E-state index is 12.0. The first-order chi connectivity index (χ1) is 12.0. The molecule has 4 saturated carbocycles. The van der Waals surface area contributed by atoms with Crippen molar-refractivity contribution in [2.45, 2.75) is 51.5 Å². The van der Waals surface area contributed by atoms with E-state index in [4.69, 9.17) is 16.6 Å². The van der Waals surface area contributed by atoms with Gasteiger partial charge in [0.15, 0.2) is 5.11 Å². The highest BCUT2D eigenvalue weighted by Gasteiger charge is 2.53. The molecule has 1 aromatic heterocycles. The van der Waals surface area contributed by atoms with E-state index < -0.39 is 0 Å². The lowest BCUT2D eigenvalue weighted by Crippen LogP contribution is -2.57. The molecular formula is C20H26N2O2S. The summed E-state index contributed by atoms with van der Waals surface area (Å²) in [6.07, 6.45) is 12.9. The fraction of sp³-hybridized carbons (Fsp3) is 0.600. The summed E-state index contributed by atoms with van der Waals surface area (Å²) in [6.45, 7) is 2.24. The van der Waals surface area contributed by atoms with E-state index in [1.54, 1.807) is 24.5 Å². The number of thiocarbonyl (C=S) groups is 1. The van der Waals surface area contributed by atoms with Gasteiger partial charge in [0, 0.05) is 12.1 Å². The third-order valence-electron chi connectivity index (χ3n) is 6.53. The van der Waals surface area contributed by atoms with E-state index in [0.29, 0.717) is 22.3 Å². The van der Waals surface area contributed by atoms with Crippen LogP contribution in [-0.4, -0.2) is 17.1 Å². The predicted molar refractivity (Wildman–Crippen MR) is 102 cm³/mol. The van der Waals surface area contributed by atoms with E-state index in [0.717, 1.165) is 17.8 Å². The SMILES string of the molecule is C[C@H](NC(=S)NC(=O)/C=C\c1ccco1)C12CC3CC(CC(C3)C1)C2. The molecule has 4 fully saturated rings. The Kier molecular flexibility index (Phi) is 4.44. The second-order valence-electron chi connectivity index (χ2n) is 8.31. The molecule has 4 nitrogen and oxygen atoms in total. The first-order valence-electron chi connectivity index (χ1n) is 9.35. The summed E-state index contributed by atoms with van der Waals surface area (Å²) in [4.78, 5) is 12.0. The second-order valence-corrected chi connectivity index (χ2v) is 8.72. The van der Waals surface area contributed by atoms with E-state index >= 15 is 0 Å². The van der Waals surface area contributed by atoms with Crippen LogP contribution in [0.4, 0.5) is 0 Å². The van der Waals surface area contributed by atoms with Gasteiger partial charge in [-0.05, 0) is 99.0 Å². The lowest BCUT2D eigenvalue weighted by Gasteiger charge is -2.59. The van der Waals surface area contributed by atoms with Crippen molar-refractivity contribution in [1.29, 1.82) is 0 Å². The largest absolute Gasteiger partial charge is 0.465 e. The predicted octanol–water partition coefficient (Wildman–Crippen LogP) is 3.89. The van der Waals surface area contributed by atoms with Crippen LogP contribution in [0, 0.1) is 23.2 Å². The Labute approximate surface area is 154 Å². The minimum Gasteiger partial charge on any atom is -0.465 e. The van der Waals surface area contributed by atoms with E-state index in [-0.39, 0.29) is 5.91 Å². The number of carbonyl (C=O) groups excluding carboxylic acids is 1. The minimum atomic E-state index is -0.230. The quantitative estimate of drug-likeness (QED) is 0.633. The van der Waals surface area contributed by atoms with Gasteiger partial charge in [-0.1, -0.05) is 0 Å². The van der Waals surface area contributed by atoms with Gasteiger partial charge in [-0.2, -0.15) is 0 Å². The van der Waals surface area contributed by atoms with Crippen LogP contribution in [0.25, 0.3) is 6.08 Å². The third-order valence-corrected chi connectivity index (χ3v) is 6.75. The highest BCUT2D eigenvalue weighted by atomic mass is 32.1. The van der Waals surface area contributed by atoms with Gasteiger partial charge in [-0.25, -0.2) is 0 Å². The molecule has 0 unspecified atom stereocenters. The molecular weight excluding hydrogens is 332 g/mol. The number of furan rings is 1. The standard InChI is InChI=1S/C20H26N2O2S/c1-13(20-10-14-7-15(11-20)9-16(8-14)12-20)21-19(25)22-18(23)5-4-17-3-2-6-24-17/h2-6,13-16H,7-12H2,1H3,(H2,21,22,23,25)/b5-4-/t13-,14?,15?,16?,20?/m0/s1. The molecule has 4 bridgehead atoms. The number of rotatable bonds is 4. The van der Waals surface area contributed by atoms with Gasteiger partial charge in [0.05, 0.1) is 6.26 Å². The molecule has 1 aromatic rings. The molecule has 0 aliphatic heterocycles. The summed E-state index contributed by atoms with van der Waals surface area (Å²) in [5.41, 5.74) is 0.369. The molecule has 25 heavy (non-hydrogen) atoms. The Balaban J connectivity index is 1.32. The molecule has 0 radical (unpaired) electrons. The maximum Gasteiger partial charge on any atom is 0.250 e. The summed E-state index contributed by atoms with van der Waals surface area (Å²) < 4.78 is 5.18. The van der Waals surface area contributed by atoms with E-state index in [1.807, 2.05) is 0 Å². The van der Waals surface area contributed by atoms with Crippen LogP contribution < -0.4 is 10.6 Å². The Hall–Kier alpha value is -1.62. The molecule has 1 amide bonds. The lowest BCUT2D eigenvalue weighted by molar-refractivity contribution is -0.115. The highest BCUT2D eigenvalue weighted by Crippen LogP contribution is 2.61. The normalized spacial score (nSPS) is 34.2. The van der Waals surface area contributed by atoms with Crippen LogP contribution >= 0.6 is 12.2 Å². The van der Waals surface area contributed by atoms with Crippen LogP contribution in [-0.2, 0) is 4.79 Å². The van der Waals surface area contributed by atoms with E-state index in [2.05, 4.69) is 17.6 Å². The monoisotopic (exact) mass is 358 g/mol. The zero-order chi connectivity index (χ0) is 17.4. The van der Waals surface area contributed by atoms with Crippen LogP contribution in [0.3, 0.4) is 0 Å². The summed E-state index contributed by atoms with van der Waals surface area (Å²) in [5.74, 6) is 3.15. The van der Waals surface area contributed by atoms with Crippen molar-refractivity contribution in [3.05, 3.63) is 30.2 Å². The van der Waals surface area contributed by atoms with Crippen molar-refractivity contribution in [2.75, 3.05) is 0 Å². The maximum absolute atomic E-state index is 12.0. The number of nitrogens with one attached hydrogen (secondary N) is 2. The minimum absolute atomic E-state index is 0.230. The van der Waals surface area contributed by atoms with Crippen LogP contribution in [0.5, 0.6) is 0 Å². The Morgan fingerprint density at radius 1 is 1.28 bits per heavy atom. The van der Waals surface area contributed by atoms with Crippen LogP contribution in [0.1, 0.15) is 51.2 Å². The topological polar surface area (TPSA) is 54.3 Å². The first-order valence-corrected chi connectivity index (χ1v) is 9.76. The number of carbonyl (C=O) groups is 1. The van der Waals surface area contributed by atoms with Gasteiger partial charge in [-0.3, -0.25) is 10.1 Å². The van der Waals surface area contributed by atoms with Gasteiger partial charge < -0.3 is 9.73 Å². The van der Waals surface area contributed by atoms with E-state index in [9.17, 15) is 4.79 Å². The molecule has 2 N–H and O–H groups in total. The third kappa shape index (κ3) is 3.52. The van der Waals surface area contributed by atoms with Crippen molar-refractivity contribution in [3.8, 4) is 0 Å². The van der Waals surface area contributed by atoms with Crippen molar-refractivity contribution >= 4 is 29.3 Å². The fourth-order valence-electron chi connectivity index (χ4n) is 5.79. The molecule has 0 aromatic carbocycles. The van der Waals surface area contributed by atoms with E-state index in [1.165, 1.54) is 44.6 Å². The molecule has 4 aliphatic carbocycles. The van der Waals surface area contributed by atoms with Crippen molar-refractivity contribution in [2.24, 2.45) is 23.2 Å². The zero-order valence-corrected chi connectivity index (χ0v) is 15.5. The molecule has 1 atom stereocenters. The molecule has 0 spiro atoms. The molecule has 134 valence electrons. The first kappa shape index (κ1) is 16.8. The average molecular weight is 359 g/mol. The van der Waals surface area contributed by atoms with Gasteiger partial charge in [0.1, 0.15) is 5.76 Å². The van der Waals surface area contributed by atoms with Crippen molar-refractivity contribution < 1.29 is 9.21 Å². The number of amides is 1. The smallest absolute Gasteiger partial charge is 0.250 e. The summed E-state index contributed by atoms with van der Waals surface area (Å²) in [7, 11) is 0. The Bertz CT molecular complexity index is 645. The highest BCUT2D eigenvalue weighted by molar-refractivity contribution is 7.80. The van der Waals surface area contributed by atoms with Gasteiger partial charge in [-0.15, -0.1) is 0 Å².